The highest BCUT2D eigenvalue weighted by Crippen LogP contribution is 2.34. The van der Waals surface area contributed by atoms with Crippen LogP contribution in [0.5, 0.6) is 5.75 Å². The fourth-order valence-corrected chi connectivity index (χ4v) is 3.27. The number of nitrogens with one attached hydrogen (secondary N) is 1. The summed E-state index contributed by atoms with van der Waals surface area (Å²) in [6, 6.07) is 11.3. The first-order valence-corrected chi connectivity index (χ1v) is 7.78. The predicted molar refractivity (Wildman–Crippen MR) is 90.9 cm³/mol. The third kappa shape index (κ3) is 2.91. The van der Waals surface area contributed by atoms with Crippen LogP contribution in [0.15, 0.2) is 36.4 Å². The number of methoxy groups -OCH3 is 1. The van der Waals surface area contributed by atoms with Gasteiger partial charge in [-0.2, -0.15) is 0 Å². The van der Waals surface area contributed by atoms with Crippen LogP contribution in [0.25, 0.3) is 20.8 Å². The third-order valence-corrected chi connectivity index (χ3v) is 4.52. The molecule has 22 heavy (non-hydrogen) atoms. The summed E-state index contributed by atoms with van der Waals surface area (Å²) in [7, 11) is 1.63. The van der Waals surface area contributed by atoms with E-state index in [0.717, 1.165) is 26.5 Å². The second-order valence-electron chi connectivity index (χ2n) is 4.73. The first-order chi connectivity index (χ1) is 10.6. The Morgan fingerprint density at radius 1 is 1.27 bits per heavy atom. The van der Waals surface area contributed by atoms with E-state index in [1.54, 1.807) is 24.5 Å². The van der Waals surface area contributed by atoms with Crippen LogP contribution in [0.3, 0.4) is 0 Å². The Morgan fingerprint density at radius 3 is 2.77 bits per heavy atom. The molecule has 4 nitrogen and oxygen atoms in total. The summed E-state index contributed by atoms with van der Waals surface area (Å²) in [6.07, 6.45) is 0. The van der Waals surface area contributed by atoms with Gasteiger partial charge in [0.25, 0.3) is 0 Å². The van der Waals surface area contributed by atoms with Gasteiger partial charge in [-0.15, -0.1) is 11.3 Å². The molecule has 1 amide bonds. The number of benzene rings is 2. The predicted octanol–water partition coefficient (Wildman–Crippen LogP) is 4.58. The Kier molecular flexibility index (Phi) is 4.00. The van der Waals surface area contributed by atoms with Crippen LogP contribution < -0.4 is 10.1 Å². The number of hydrogen-bond acceptors (Lipinski definition) is 4. The second kappa shape index (κ2) is 5.94. The Labute approximate surface area is 136 Å². The van der Waals surface area contributed by atoms with Crippen molar-refractivity contribution >= 4 is 44.7 Å². The van der Waals surface area contributed by atoms with Crippen LogP contribution in [0.1, 0.15) is 6.92 Å². The zero-order valence-corrected chi connectivity index (χ0v) is 13.6. The van der Waals surface area contributed by atoms with E-state index in [1.165, 1.54) is 6.92 Å². The summed E-state index contributed by atoms with van der Waals surface area (Å²) in [4.78, 5) is 15.7. The molecule has 112 valence electrons. The van der Waals surface area contributed by atoms with Gasteiger partial charge in [0.2, 0.25) is 5.91 Å². The molecular formula is C16H13ClN2O2S. The zero-order valence-electron chi connectivity index (χ0n) is 12.0. The molecule has 0 aliphatic carbocycles. The minimum Gasteiger partial charge on any atom is -0.497 e. The topological polar surface area (TPSA) is 51.2 Å². The Balaban J connectivity index is 2.00. The van der Waals surface area contributed by atoms with Gasteiger partial charge in [-0.1, -0.05) is 11.6 Å². The molecule has 0 bridgehead atoms. The van der Waals surface area contributed by atoms with Crippen LogP contribution in [-0.4, -0.2) is 18.0 Å². The molecule has 1 N–H and O–H groups in total. The number of nitrogens with zero attached hydrogens (tertiary/aromatic N) is 1. The number of hydrogen-bond donors (Lipinski definition) is 1. The summed E-state index contributed by atoms with van der Waals surface area (Å²) in [5.74, 6) is 0.630. The van der Waals surface area contributed by atoms with Crippen LogP contribution >= 0.6 is 22.9 Å². The largest absolute Gasteiger partial charge is 0.497 e. The van der Waals surface area contributed by atoms with Crippen molar-refractivity contribution < 1.29 is 9.53 Å². The van der Waals surface area contributed by atoms with Gasteiger partial charge in [0, 0.05) is 18.6 Å². The van der Waals surface area contributed by atoms with Gasteiger partial charge < -0.3 is 10.1 Å². The number of anilines is 1. The Bertz CT molecular complexity index is 860. The van der Waals surface area contributed by atoms with Crippen molar-refractivity contribution in [3.05, 3.63) is 41.4 Å². The molecule has 0 saturated heterocycles. The monoisotopic (exact) mass is 332 g/mol. The maximum absolute atomic E-state index is 11.1. The maximum Gasteiger partial charge on any atom is 0.221 e. The first kappa shape index (κ1) is 14.8. The minimum absolute atomic E-state index is 0.151. The number of thiazole rings is 1. The van der Waals surface area contributed by atoms with E-state index in [0.29, 0.717) is 10.7 Å². The minimum atomic E-state index is -0.151. The number of ether oxygens (including phenoxy) is 1. The van der Waals surface area contributed by atoms with E-state index >= 15 is 0 Å². The van der Waals surface area contributed by atoms with Crippen LogP contribution in [0.4, 0.5) is 5.69 Å². The molecule has 0 aliphatic heterocycles. The van der Waals surface area contributed by atoms with Crippen molar-refractivity contribution in [3.63, 3.8) is 0 Å². The molecule has 0 unspecified atom stereocenters. The molecule has 0 spiro atoms. The molecule has 0 radical (unpaired) electrons. The number of rotatable bonds is 3. The molecule has 6 heteroatoms. The average Bonchev–Trinajstić information content (AvgIpc) is 2.91. The van der Waals surface area contributed by atoms with Gasteiger partial charge in [0.15, 0.2) is 0 Å². The molecule has 0 atom stereocenters. The summed E-state index contributed by atoms with van der Waals surface area (Å²) >= 11 is 7.80. The molecule has 0 fully saturated rings. The fourth-order valence-electron chi connectivity index (χ4n) is 2.10. The molecule has 1 aromatic heterocycles. The molecule has 3 aromatic rings. The summed E-state index contributed by atoms with van der Waals surface area (Å²) in [5.41, 5.74) is 2.40. The number of aromatic nitrogens is 1. The highest BCUT2D eigenvalue weighted by Gasteiger charge is 2.10. The van der Waals surface area contributed by atoms with Gasteiger partial charge in [0.1, 0.15) is 10.8 Å². The first-order valence-electron chi connectivity index (χ1n) is 6.59. The molecule has 0 saturated carbocycles. The van der Waals surface area contributed by atoms with Crippen LogP contribution in [0, 0.1) is 0 Å². The number of carbonyl (C=O) groups excluding carboxylic acids is 1. The summed E-state index contributed by atoms with van der Waals surface area (Å²) in [6.45, 7) is 1.45. The molecular weight excluding hydrogens is 320 g/mol. The fraction of sp³-hybridized carbons (Fsp3) is 0.125. The smallest absolute Gasteiger partial charge is 0.221 e. The zero-order chi connectivity index (χ0) is 15.7. The van der Waals surface area contributed by atoms with Gasteiger partial charge in [0.05, 0.1) is 28.0 Å². The van der Waals surface area contributed by atoms with Gasteiger partial charge >= 0.3 is 0 Å². The van der Waals surface area contributed by atoms with Crippen molar-refractivity contribution in [1.82, 2.24) is 4.98 Å². The van der Waals surface area contributed by atoms with E-state index in [-0.39, 0.29) is 5.91 Å². The standard InChI is InChI=1S/C16H13ClN2O2S/c1-9(20)18-13-5-3-10(7-12(13)17)16-19-14-8-11(21-2)4-6-15(14)22-16/h3-8H,1-2H3,(H,18,20). The summed E-state index contributed by atoms with van der Waals surface area (Å²) in [5, 5.41) is 4.05. The van der Waals surface area contributed by atoms with Gasteiger partial charge in [-0.3, -0.25) is 4.79 Å². The van der Waals surface area contributed by atoms with E-state index < -0.39 is 0 Å². The van der Waals surface area contributed by atoms with Crippen LogP contribution in [0.2, 0.25) is 5.02 Å². The highest BCUT2D eigenvalue weighted by molar-refractivity contribution is 7.21. The van der Waals surface area contributed by atoms with Crippen molar-refractivity contribution in [2.45, 2.75) is 6.92 Å². The summed E-state index contributed by atoms with van der Waals surface area (Å²) < 4.78 is 6.29. The van der Waals surface area contributed by atoms with Crippen molar-refractivity contribution in [2.24, 2.45) is 0 Å². The number of amides is 1. The number of halogens is 1. The van der Waals surface area contributed by atoms with E-state index in [4.69, 9.17) is 16.3 Å². The highest BCUT2D eigenvalue weighted by atomic mass is 35.5. The lowest BCUT2D eigenvalue weighted by Crippen LogP contribution is -2.05. The SMILES string of the molecule is COc1ccc2sc(-c3ccc(NC(C)=O)c(Cl)c3)nc2c1. The molecule has 3 rings (SSSR count). The lowest BCUT2D eigenvalue weighted by Gasteiger charge is -2.05. The Hall–Kier alpha value is -2.11. The lowest BCUT2D eigenvalue weighted by atomic mass is 10.2. The maximum atomic E-state index is 11.1. The van der Waals surface area contributed by atoms with Crippen molar-refractivity contribution in [2.75, 3.05) is 12.4 Å². The van der Waals surface area contributed by atoms with Crippen molar-refractivity contribution in [3.8, 4) is 16.3 Å². The third-order valence-electron chi connectivity index (χ3n) is 3.12. The van der Waals surface area contributed by atoms with Gasteiger partial charge in [-0.05, 0) is 30.3 Å². The van der Waals surface area contributed by atoms with E-state index in [2.05, 4.69) is 10.3 Å². The average molecular weight is 333 g/mol. The quantitative estimate of drug-likeness (QED) is 0.763. The van der Waals surface area contributed by atoms with E-state index in [9.17, 15) is 4.79 Å². The normalized spacial score (nSPS) is 10.7. The lowest BCUT2D eigenvalue weighted by molar-refractivity contribution is -0.114. The van der Waals surface area contributed by atoms with Crippen LogP contribution in [-0.2, 0) is 4.79 Å². The van der Waals surface area contributed by atoms with Gasteiger partial charge in [-0.25, -0.2) is 4.98 Å². The molecule has 2 aromatic carbocycles. The second-order valence-corrected chi connectivity index (χ2v) is 6.17. The number of fused-ring (bicyclic) bond motifs is 1. The molecule has 0 aliphatic rings. The van der Waals surface area contributed by atoms with E-state index in [1.807, 2.05) is 30.3 Å². The molecule has 1 heterocycles. The number of carbonyl (C=O) groups is 1. The van der Waals surface area contributed by atoms with Crippen molar-refractivity contribution in [1.29, 1.82) is 0 Å². The Morgan fingerprint density at radius 2 is 2.09 bits per heavy atom.